The van der Waals surface area contributed by atoms with E-state index in [9.17, 15) is 4.21 Å². The normalized spacial score (nSPS) is 25.6. The van der Waals surface area contributed by atoms with Crippen molar-refractivity contribution < 1.29 is 4.21 Å². The molecule has 1 heterocycles. The monoisotopic (exact) mass is 319 g/mol. The van der Waals surface area contributed by atoms with E-state index in [1.165, 1.54) is 0 Å². The predicted molar refractivity (Wildman–Crippen MR) is 82.6 cm³/mol. The van der Waals surface area contributed by atoms with Gasteiger partial charge < -0.3 is 5.32 Å². The summed E-state index contributed by atoms with van der Waals surface area (Å²) in [6.45, 7) is 5.12. The van der Waals surface area contributed by atoms with Crippen LogP contribution in [0.25, 0.3) is 0 Å². The molecular formula is C14H19Cl2NOS. The first-order valence-electron chi connectivity index (χ1n) is 6.73. The molecule has 0 aliphatic carbocycles. The molecule has 0 radical (unpaired) electrons. The van der Waals surface area contributed by atoms with Crippen LogP contribution in [-0.2, 0) is 10.8 Å². The zero-order valence-corrected chi connectivity index (χ0v) is 13.5. The van der Waals surface area contributed by atoms with Gasteiger partial charge in [-0.3, -0.25) is 4.21 Å². The highest BCUT2D eigenvalue weighted by atomic mass is 35.5. The third kappa shape index (κ3) is 2.85. The van der Waals surface area contributed by atoms with Crippen molar-refractivity contribution in [1.29, 1.82) is 0 Å². The molecule has 5 heteroatoms. The van der Waals surface area contributed by atoms with E-state index in [0.29, 0.717) is 10.0 Å². The second-order valence-corrected chi connectivity index (χ2v) is 7.25. The number of benzene rings is 1. The molecule has 0 bridgehead atoms. The maximum atomic E-state index is 12.7. The second-order valence-electron chi connectivity index (χ2n) is 4.83. The van der Waals surface area contributed by atoms with Crippen LogP contribution in [0.2, 0.25) is 10.0 Å². The first kappa shape index (κ1) is 15.3. The summed E-state index contributed by atoms with van der Waals surface area (Å²) in [6.07, 6.45) is 2.95. The Bertz CT molecular complexity index is 493. The molecule has 0 spiro atoms. The van der Waals surface area contributed by atoms with Gasteiger partial charge in [-0.2, -0.15) is 0 Å². The first-order valence-corrected chi connectivity index (χ1v) is 8.70. The molecule has 1 aromatic rings. The van der Waals surface area contributed by atoms with Gasteiger partial charge in [-0.1, -0.05) is 43.5 Å². The third-order valence-corrected chi connectivity index (χ3v) is 6.10. The topological polar surface area (TPSA) is 29.1 Å². The molecule has 1 N–H and O–H groups in total. The minimum Gasteiger partial charge on any atom is -0.309 e. The van der Waals surface area contributed by atoms with E-state index in [1.54, 1.807) is 12.1 Å². The molecule has 3 unspecified atom stereocenters. The van der Waals surface area contributed by atoms with Crippen LogP contribution in [0.15, 0.2) is 17.0 Å². The van der Waals surface area contributed by atoms with Crippen molar-refractivity contribution in [1.82, 2.24) is 5.32 Å². The van der Waals surface area contributed by atoms with Crippen molar-refractivity contribution in [2.45, 2.75) is 49.3 Å². The molecule has 3 atom stereocenters. The van der Waals surface area contributed by atoms with E-state index in [2.05, 4.69) is 19.2 Å². The van der Waals surface area contributed by atoms with E-state index < -0.39 is 10.8 Å². The minimum absolute atomic E-state index is 0.0573. The van der Waals surface area contributed by atoms with Crippen molar-refractivity contribution in [2.24, 2.45) is 0 Å². The third-order valence-electron chi connectivity index (χ3n) is 3.44. The van der Waals surface area contributed by atoms with Crippen molar-refractivity contribution in [3.63, 3.8) is 0 Å². The van der Waals surface area contributed by atoms with Crippen LogP contribution in [0.3, 0.4) is 0 Å². The molecule has 106 valence electrons. The summed E-state index contributed by atoms with van der Waals surface area (Å²) in [7, 11) is -1.07. The fraction of sp³-hybridized carbons (Fsp3) is 0.571. The van der Waals surface area contributed by atoms with Gasteiger partial charge in [0.15, 0.2) is 0 Å². The molecule has 2 rings (SSSR count). The Labute approximate surface area is 127 Å². The summed E-state index contributed by atoms with van der Waals surface area (Å²) >= 11 is 12.5. The molecule has 0 saturated carbocycles. The summed E-state index contributed by atoms with van der Waals surface area (Å²) in [5.74, 6) is 0. The van der Waals surface area contributed by atoms with Crippen LogP contribution < -0.4 is 5.32 Å². The van der Waals surface area contributed by atoms with E-state index in [0.717, 1.165) is 36.3 Å². The molecule has 1 aliphatic rings. The van der Waals surface area contributed by atoms with Crippen LogP contribution in [-0.4, -0.2) is 16.0 Å². The van der Waals surface area contributed by atoms with Crippen LogP contribution in [0.1, 0.15) is 44.7 Å². The van der Waals surface area contributed by atoms with Crippen LogP contribution in [0.4, 0.5) is 0 Å². The first-order chi connectivity index (χ1) is 9.11. The van der Waals surface area contributed by atoms with Crippen LogP contribution in [0, 0.1) is 0 Å². The average Bonchev–Trinajstić information content (AvgIpc) is 2.67. The summed E-state index contributed by atoms with van der Waals surface area (Å²) in [4.78, 5) is 0.737. The van der Waals surface area contributed by atoms with Gasteiger partial charge in [-0.05, 0) is 31.5 Å². The fourth-order valence-corrected chi connectivity index (χ4v) is 5.27. The zero-order chi connectivity index (χ0) is 14.0. The van der Waals surface area contributed by atoms with E-state index in [1.807, 2.05) is 0 Å². The Balaban J connectivity index is 2.46. The highest BCUT2D eigenvalue weighted by molar-refractivity contribution is 7.86. The standard InChI is InChI=1S/C14H19Cl2NOS/c1-3-5-11-13(17-8-4-2)12-9(15)6-7-10(16)14(12)19(11)18/h6-7,11,13,17H,3-5,8H2,1-2H3. The van der Waals surface area contributed by atoms with E-state index in [-0.39, 0.29) is 11.3 Å². The molecule has 0 saturated heterocycles. The zero-order valence-electron chi connectivity index (χ0n) is 11.2. The lowest BCUT2D eigenvalue weighted by atomic mass is 10.0. The lowest BCUT2D eigenvalue weighted by Crippen LogP contribution is -2.30. The summed E-state index contributed by atoms with van der Waals surface area (Å²) in [5, 5.41) is 4.79. The Kier molecular flexibility index (Phi) is 5.29. The summed E-state index contributed by atoms with van der Waals surface area (Å²) in [5.41, 5.74) is 0.944. The average molecular weight is 320 g/mol. The minimum atomic E-state index is -1.07. The smallest absolute Gasteiger partial charge is 0.0641 e. The van der Waals surface area contributed by atoms with Crippen LogP contribution in [0.5, 0.6) is 0 Å². The molecule has 1 aromatic carbocycles. The Morgan fingerprint density at radius 3 is 2.53 bits per heavy atom. The van der Waals surface area contributed by atoms with Gasteiger partial charge in [0.2, 0.25) is 0 Å². The van der Waals surface area contributed by atoms with Crippen LogP contribution >= 0.6 is 23.2 Å². The largest absolute Gasteiger partial charge is 0.309 e. The Morgan fingerprint density at radius 1 is 1.21 bits per heavy atom. The van der Waals surface area contributed by atoms with E-state index in [4.69, 9.17) is 23.2 Å². The van der Waals surface area contributed by atoms with Gasteiger partial charge in [-0.15, -0.1) is 0 Å². The molecule has 2 nitrogen and oxygen atoms in total. The number of fused-ring (bicyclic) bond motifs is 1. The summed E-state index contributed by atoms with van der Waals surface area (Å²) in [6, 6.07) is 3.60. The fourth-order valence-electron chi connectivity index (χ4n) is 2.60. The molecule has 1 aliphatic heterocycles. The van der Waals surface area contributed by atoms with Crippen molar-refractivity contribution >= 4 is 34.0 Å². The molecule has 19 heavy (non-hydrogen) atoms. The van der Waals surface area contributed by atoms with Crippen molar-refractivity contribution in [3.8, 4) is 0 Å². The summed E-state index contributed by atoms with van der Waals surface area (Å²) < 4.78 is 12.7. The van der Waals surface area contributed by atoms with Crippen molar-refractivity contribution in [2.75, 3.05) is 6.54 Å². The second kappa shape index (κ2) is 6.57. The Morgan fingerprint density at radius 2 is 1.89 bits per heavy atom. The maximum Gasteiger partial charge on any atom is 0.0641 e. The molecular weight excluding hydrogens is 301 g/mol. The predicted octanol–water partition coefficient (Wildman–Crippen LogP) is 4.32. The van der Waals surface area contributed by atoms with Gasteiger partial charge in [0, 0.05) is 16.6 Å². The molecule has 0 fully saturated rings. The van der Waals surface area contributed by atoms with Crippen molar-refractivity contribution in [3.05, 3.63) is 27.7 Å². The van der Waals surface area contributed by atoms with E-state index >= 15 is 0 Å². The molecule has 0 aromatic heterocycles. The highest BCUT2D eigenvalue weighted by Crippen LogP contribution is 2.45. The Hall–Kier alpha value is -0.0900. The van der Waals surface area contributed by atoms with Gasteiger partial charge in [0.25, 0.3) is 0 Å². The number of hydrogen-bond acceptors (Lipinski definition) is 2. The number of nitrogens with one attached hydrogen (secondary N) is 1. The van der Waals surface area contributed by atoms with Gasteiger partial charge in [0.05, 0.1) is 26.0 Å². The SMILES string of the molecule is CCCNC1c2c(Cl)ccc(Cl)c2S(=O)C1CCC. The lowest BCUT2D eigenvalue weighted by Gasteiger charge is -2.20. The van der Waals surface area contributed by atoms with Gasteiger partial charge >= 0.3 is 0 Å². The van der Waals surface area contributed by atoms with Gasteiger partial charge in [0.1, 0.15) is 0 Å². The molecule has 0 amide bonds. The highest BCUT2D eigenvalue weighted by Gasteiger charge is 2.40. The number of halogens is 2. The number of rotatable bonds is 5. The maximum absolute atomic E-state index is 12.7. The van der Waals surface area contributed by atoms with Gasteiger partial charge in [-0.25, -0.2) is 0 Å². The number of hydrogen-bond donors (Lipinski definition) is 1. The quantitative estimate of drug-likeness (QED) is 0.875. The lowest BCUT2D eigenvalue weighted by molar-refractivity contribution is 0.493.